The Balaban J connectivity index is 1.88. The molecule has 1 atom stereocenters. The van der Waals surface area contributed by atoms with Crippen LogP contribution < -0.4 is 10.1 Å². The van der Waals surface area contributed by atoms with Crippen molar-refractivity contribution in [2.24, 2.45) is 0 Å². The first-order chi connectivity index (χ1) is 13.1. The molecule has 0 aliphatic carbocycles. The molecular formula is C19H15ClF3NO4. The summed E-state index contributed by atoms with van der Waals surface area (Å²) in [6, 6.07) is 11.5. The first-order valence-corrected chi connectivity index (χ1v) is 8.32. The van der Waals surface area contributed by atoms with Crippen molar-refractivity contribution in [2.75, 3.05) is 5.32 Å². The van der Waals surface area contributed by atoms with Crippen molar-refractivity contribution in [3.63, 3.8) is 0 Å². The van der Waals surface area contributed by atoms with Crippen LogP contribution in [0.15, 0.2) is 54.6 Å². The third-order valence-corrected chi connectivity index (χ3v) is 3.65. The largest absolute Gasteiger partial charge is 0.573 e. The molecule has 0 saturated heterocycles. The minimum absolute atomic E-state index is 0.340. The van der Waals surface area contributed by atoms with Crippen LogP contribution in [-0.2, 0) is 14.3 Å². The molecule has 148 valence electrons. The Bertz CT molecular complexity index is 866. The Kier molecular flexibility index (Phi) is 7.06. The maximum Gasteiger partial charge on any atom is 0.573 e. The molecule has 0 bridgehead atoms. The average Bonchev–Trinajstić information content (AvgIpc) is 2.61. The standard InChI is InChI=1S/C19H15ClF3NO4/c1-12(18(26)24-16-5-3-2-4-15(16)20)27-17(25)11-8-13-6-9-14(10-7-13)28-19(21,22)23/h2-12H,1H3,(H,24,26)/b11-8+/t12-/m0/s1. The van der Waals surface area contributed by atoms with Crippen molar-refractivity contribution in [1.82, 2.24) is 0 Å². The van der Waals surface area contributed by atoms with E-state index < -0.39 is 24.3 Å². The molecule has 0 fully saturated rings. The molecule has 0 heterocycles. The number of amides is 1. The van der Waals surface area contributed by atoms with Crippen LogP contribution in [0, 0.1) is 0 Å². The molecule has 0 unspecified atom stereocenters. The summed E-state index contributed by atoms with van der Waals surface area (Å²) in [6.07, 6.45) is -3.48. The lowest BCUT2D eigenvalue weighted by Crippen LogP contribution is -2.29. The summed E-state index contributed by atoms with van der Waals surface area (Å²) in [6.45, 7) is 1.39. The molecule has 0 saturated carbocycles. The summed E-state index contributed by atoms with van der Waals surface area (Å²) >= 11 is 5.94. The molecular weight excluding hydrogens is 399 g/mol. The first-order valence-electron chi connectivity index (χ1n) is 7.94. The van der Waals surface area contributed by atoms with E-state index in [4.69, 9.17) is 16.3 Å². The second kappa shape index (κ2) is 9.27. The predicted molar refractivity (Wildman–Crippen MR) is 97.8 cm³/mol. The fourth-order valence-corrected chi connectivity index (χ4v) is 2.19. The summed E-state index contributed by atoms with van der Waals surface area (Å²) in [4.78, 5) is 23.9. The van der Waals surface area contributed by atoms with Crippen LogP contribution >= 0.6 is 11.6 Å². The van der Waals surface area contributed by atoms with Gasteiger partial charge in [-0.1, -0.05) is 35.9 Å². The van der Waals surface area contributed by atoms with Gasteiger partial charge in [0, 0.05) is 6.08 Å². The number of carbonyl (C=O) groups excluding carboxylic acids is 2. The summed E-state index contributed by atoms with van der Waals surface area (Å²) in [7, 11) is 0. The second-order valence-electron chi connectivity index (χ2n) is 5.50. The van der Waals surface area contributed by atoms with E-state index in [1.807, 2.05) is 0 Å². The van der Waals surface area contributed by atoms with Crippen molar-refractivity contribution in [3.05, 3.63) is 65.2 Å². The van der Waals surface area contributed by atoms with Gasteiger partial charge in [0.1, 0.15) is 5.75 Å². The number of alkyl halides is 3. The summed E-state index contributed by atoms with van der Waals surface area (Å²) < 4.78 is 45.0. The number of hydrogen-bond donors (Lipinski definition) is 1. The van der Waals surface area contributed by atoms with E-state index in [9.17, 15) is 22.8 Å². The molecule has 1 amide bonds. The Morgan fingerprint density at radius 3 is 2.36 bits per heavy atom. The number of para-hydroxylation sites is 1. The highest BCUT2D eigenvalue weighted by Crippen LogP contribution is 2.23. The number of benzene rings is 2. The molecule has 0 aliphatic heterocycles. The van der Waals surface area contributed by atoms with Crippen LogP contribution in [0.3, 0.4) is 0 Å². The molecule has 2 rings (SSSR count). The molecule has 28 heavy (non-hydrogen) atoms. The van der Waals surface area contributed by atoms with E-state index >= 15 is 0 Å². The normalized spacial score (nSPS) is 12.5. The molecule has 2 aromatic rings. The van der Waals surface area contributed by atoms with Crippen molar-refractivity contribution in [2.45, 2.75) is 19.4 Å². The Labute approximate surface area is 163 Å². The second-order valence-corrected chi connectivity index (χ2v) is 5.91. The lowest BCUT2D eigenvalue weighted by molar-refractivity contribution is -0.274. The topological polar surface area (TPSA) is 64.6 Å². The molecule has 2 aromatic carbocycles. The van der Waals surface area contributed by atoms with Gasteiger partial charge in [-0.05, 0) is 42.8 Å². The molecule has 0 spiro atoms. The third-order valence-electron chi connectivity index (χ3n) is 3.32. The Morgan fingerprint density at radius 1 is 1.11 bits per heavy atom. The number of halogens is 4. The van der Waals surface area contributed by atoms with Gasteiger partial charge in [0.05, 0.1) is 10.7 Å². The number of rotatable bonds is 6. The maximum absolute atomic E-state index is 12.1. The van der Waals surface area contributed by atoms with Gasteiger partial charge in [0.15, 0.2) is 6.10 Å². The van der Waals surface area contributed by atoms with Gasteiger partial charge in [-0.3, -0.25) is 4.79 Å². The van der Waals surface area contributed by atoms with Crippen LogP contribution in [-0.4, -0.2) is 24.3 Å². The molecule has 0 aromatic heterocycles. The van der Waals surface area contributed by atoms with Crippen LogP contribution in [0.5, 0.6) is 5.75 Å². The summed E-state index contributed by atoms with van der Waals surface area (Å²) in [5.41, 5.74) is 0.827. The van der Waals surface area contributed by atoms with E-state index in [1.54, 1.807) is 24.3 Å². The monoisotopic (exact) mass is 413 g/mol. The Morgan fingerprint density at radius 2 is 1.75 bits per heavy atom. The molecule has 0 aliphatic rings. The lowest BCUT2D eigenvalue weighted by atomic mass is 10.2. The van der Waals surface area contributed by atoms with Gasteiger partial charge in [0.2, 0.25) is 0 Å². The molecule has 5 nitrogen and oxygen atoms in total. The SMILES string of the molecule is C[C@H](OC(=O)/C=C/c1ccc(OC(F)(F)F)cc1)C(=O)Nc1ccccc1Cl. The highest BCUT2D eigenvalue weighted by atomic mass is 35.5. The van der Waals surface area contributed by atoms with Crippen molar-refractivity contribution >= 4 is 35.2 Å². The zero-order valence-corrected chi connectivity index (χ0v) is 15.3. The summed E-state index contributed by atoms with van der Waals surface area (Å²) in [5, 5.41) is 2.88. The van der Waals surface area contributed by atoms with Crippen LogP contribution in [0.4, 0.5) is 18.9 Å². The van der Waals surface area contributed by atoms with E-state index in [0.717, 1.165) is 18.2 Å². The van der Waals surface area contributed by atoms with Gasteiger partial charge < -0.3 is 14.8 Å². The van der Waals surface area contributed by atoms with Crippen molar-refractivity contribution in [3.8, 4) is 5.75 Å². The summed E-state index contributed by atoms with van der Waals surface area (Å²) in [5.74, 6) is -1.74. The Hall–Kier alpha value is -3.00. The first kappa shape index (κ1) is 21.3. The zero-order valence-electron chi connectivity index (χ0n) is 14.5. The van der Waals surface area contributed by atoms with E-state index in [2.05, 4.69) is 10.1 Å². The quantitative estimate of drug-likeness (QED) is 0.544. The maximum atomic E-state index is 12.1. The molecule has 1 N–H and O–H groups in total. The van der Waals surface area contributed by atoms with Gasteiger partial charge in [0.25, 0.3) is 5.91 Å². The van der Waals surface area contributed by atoms with Crippen LogP contribution in [0.2, 0.25) is 5.02 Å². The average molecular weight is 414 g/mol. The van der Waals surface area contributed by atoms with Gasteiger partial charge in [-0.2, -0.15) is 0 Å². The highest BCUT2D eigenvalue weighted by Gasteiger charge is 2.30. The van der Waals surface area contributed by atoms with Crippen LogP contribution in [0.25, 0.3) is 6.08 Å². The molecule has 0 radical (unpaired) electrons. The zero-order chi connectivity index (χ0) is 20.7. The van der Waals surface area contributed by atoms with Crippen LogP contribution in [0.1, 0.15) is 12.5 Å². The van der Waals surface area contributed by atoms with Gasteiger partial charge in [-0.25, -0.2) is 4.79 Å². The predicted octanol–water partition coefficient (Wildman–Crippen LogP) is 4.82. The van der Waals surface area contributed by atoms with Gasteiger partial charge in [-0.15, -0.1) is 13.2 Å². The number of ether oxygens (including phenoxy) is 2. The van der Waals surface area contributed by atoms with Gasteiger partial charge >= 0.3 is 12.3 Å². The fourth-order valence-electron chi connectivity index (χ4n) is 2.01. The minimum Gasteiger partial charge on any atom is -0.449 e. The van der Waals surface area contributed by atoms with E-state index in [-0.39, 0.29) is 5.75 Å². The highest BCUT2D eigenvalue weighted by molar-refractivity contribution is 6.33. The van der Waals surface area contributed by atoms with Crippen molar-refractivity contribution in [1.29, 1.82) is 0 Å². The number of esters is 1. The lowest BCUT2D eigenvalue weighted by Gasteiger charge is -2.13. The van der Waals surface area contributed by atoms with E-state index in [1.165, 1.54) is 25.1 Å². The number of nitrogens with one attached hydrogen (secondary N) is 1. The molecule has 9 heteroatoms. The number of anilines is 1. The third kappa shape index (κ3) is 6.96. The number of hydrogen-bond acceptors (Lipinski definition) is 4. The van der Waals surface area contributed by atoms with Crippen molar-refractivity contribution < 1.29 is 32.2 Å². The number of carbonyl (C=O) groups is 2. The van der Waals surface area contributed by atoms with E-state index in [0.29, 0.717) is 16.3 Å². The smallest absolute Gasteiger partial charge is 0.449 e. The fraction of sp³-hybridized carbons (Fsp3) is 0.158. The minimum atomic E-state index is -4.78.